The van der Waals surface area contributed by atoms with Crippen molar-refractivity contribution in [3.63, 3.8) is 0 Å². The molecular weight excluding hydrogens is 712 g/mol. The normalized spacial score (nSPS) is 53.5. The van der Waals surface area contributed by atoms with Gasteiger partial charge in [0.25, 0.3) is 0 Å². The summed E-state index contributed by atoms with van der Waals surface area (Å²) in [5.41, 5.74) is 0.274. The molecule has 7 N–H and O–H groups in total. The number of carbonyl (C=O) groups excluding carboxylic acids is 1. The lowest BCUT2D eigenvalue weighted by Crippen LogP contribution is -2.67. The molecule has 13 heteroatoms. The first kappa shape index (κ1) is 41.9. The lowest BCUT2D eigenvalue weighted by Gasteiger charge is -2.71. The Labute approximate surface area is 325 Å². The summed E-state index contributed by atoms with van der Waals surface area (Å²) in [6.45, 7) is 13.2. The van der Waals surface area contributed by atoms with Crippen molar-refractivity contribution in [2.75, 3.05) is 26.9 Å². The van der Waals surface area contributed by atoms with Crippen LogP contribution in [-0.2, 0) is 28.5 Å². The molecule has 314 valence electrons. The van der Waals surface area contributed by atoms with Crippen LogP contribution in [0.2, 0.25) is 0 Å². The van der Waals surface area contributed by atoms with Gasteiger partial charge in [-0.1, -0.05) is 53.2 Å². The van der Waals surface area contributed by atoms with Crippen molar-refractivity contribution in [2.45, 2.75) is 167 Å². The van der Waals surface area contributed by atoms with Crippen molar-refractivity contribution in [3.8, 4) is 0 Å². The minimum Gasteiger partial charge on any atom is -0.469 e. The van der Waals surface area contributed by atoms with Gasteiger partial charge in [-0.3, -0.25) is 4.79 Å². The number of ether oxygens (including phenoxy) is 5. The minimum atomic E-state index is -1.67. The van der Waals surface area contributed by atoms with Gasteiger partial charge in [0.05, 0.1) is 38.4 Å². The topological polar surface area (TPSA) is 205 Å². The minimum absolute atomic E-state index is 0.0149. The maximum absolute atomic E-state index is 13.6. The zero-order valence-corrected chi connectivity index (χ0v) is 33.9. The van der Waals surface area contributed by atoms with E-state index in [-0.39, 0.29) is 52.7 Å². The fraction of sp³-hybridized carbons (Fsp3) is 0.929. The Kier molecular flexibility index (Phi) is 11.0. The van der Waals surface area contributed by atoms with E-state index in [4.69, 9.17) is 23.7 Å². The van der Waals surface area contributed by atoms with E-state index in [0.717, 1.165) is 57.8 Å². The fourth-order valence-corrected chi connectivity index (χ4v) is 13.6. The van der Waals surface area contributed by atoms with Gasteiger partial charge < -0.3 is 59.4 Å². The third-order valence-electron chi connectivity index (χ3n) is 17.2. The first-order valence-electron chi connectivity index (χ1n) is 20.8. The molecule has 0 aromatic carbocycles. The van der Waals surface area contributed by atoms with Crippen LogP contribution in [0.4, 0.5) is 0 Å². The molecule has 5 aliphatic carbocycles. The smallest absolute Gasteiger partial charge is 0.312 e. The zero-order valence-electron chi connectivity index (χ0n) is 33.9. The summed E-state index contributed by atoms with van der Waals surface area (Å²) >= 11 is 0. The predicted molar refractivity (Wildman–Crippen MR) is 198 cm³/mol. The molecule has 55 heavy (non-hydrogen) atoms. The number of carbonyl (C=O) groups is 1. The van der Waals surface area contributed by atoms with Gasteiger partial charge in [0, 0.05) is 5.41 Å². The molecule has 7 aliphatic rings. The number of aliphatic hydroxyl groups excluding tert-OH is 7. The van der Waals surface area contributed by atoms with Crippen molar-refractivity contribution < 1.29 is 64.2 Å². The van der Waals surface area contributed by atoms with Crippen LogP contribution in [0, 0.1) is 50.2 Å². The van der Waals surface area contributed by atoms with Gasteiger partial charge in [-0.2, -0.15) is 0 Å². The van der Waals surface area contributed by atoms with E-state index in [1.807, 2.05) is 0 Å². The Morgan fingerprint density at radius 1 is 0.800 bits per heavy atom. The van der Waals surface area contributed by atoms with Gasteiger partial charge in [-0.05, 0) is 104 Å². The highest BCUT2D eigenvalue weighted by molar-refractivity contribution is 5.78. The molecule has 6 fully saturated rings. The van der Waals surface area contributed by atoms with Crippen molar-refractivity contribution in [3.05, 3.63) is 11.6 Å². The molecule has 7 rings (SSSR count). The van der Waals surface area contributed by atoms with Gasteiger partial charge in [0.1, 0.15) is 42.7 Å². The Morgan fingerprint density at radius 2 is 1.49 bits per heavy atom. The molecule has 13 nitrogen and oxygen atoms in total. The SMILES string of the molecule is COC(=O)[C@]12CCC(C)(C)C[C@H]1C1=CC[C@@H]3[C@@]4(C)CC[C@H](O[C@@H]5OC[C@H](O[C@@H]6O[C@H](CO)[C@@H](O)[C@H](O)[C@H]6O)[C@H](O)[C@H]5O)[C@@](C)(CO)[C@@H]4CC[C@@]3(C)[C@]1(C)CC2. The second-order valence-corrected chi connectivity index (χ2v) is 20.2. The number of hydrogen-bond donors (Lipinski definition) is 7. The molecule has 2 aliphatic heterocycles. The molecule has 0 amide bonds. The summed E-state index contributed by atoms with van der Waals surface area (Å²) in [6, 6.07) is 0. The Hall–Kier alpha value is -1.23. The number of methoxy groups -OCH3 is 1. The summed E-state index contributed by atoms with van der Waals surface area (Å²) in [6.07, 6.45) is -2.05. The first-order chi connectivity index (χ1) is 25.8. The third-order valence-corrected chi connectivity index (χ3v) is 17.2. The van der Waals surface area contributed by atoms with Crippen molar-refractivity contribution >= 4 is 5.97 Å². The van der Waals surface area contributed by atoms with Crippen LogP contribution in [0.15, 0.2) is 11.6 Å². The van der Waals surface area contributed by atoms with E-state index in [9.17, 15) is 40.5 Å². The monoisotopic (exact) mass is 780 g/mol. The van der Waals surface area contributed by atoms with E-state index in [0.29, 0.717) is 12.3 Å². The molecule has 0 aromatic rings. The Morgan fingerprint density at radius 3 is 2.16 bits per heavy atom. The van der Waals surface area contributed by atoms with E-state index in [1.54, 1.807) is 0 Å². The average Bonchev–Trinajstić information content (AvgIpc) is 3.15. The van der Waals surface area contributed by atoms with Crippen LogP contribution in [0.25, 0.3) is 0 Å². The lowest BCUT2D eigenvalue weighted by atomic mass is 9.33. The van der Waals surface area contributed by atoms with Crippen molar-refractivity contribution in [1.29, 1.82) is 0 Å². The Balaban J connectivity index is 1.08. The van der Waals surface area contributed by atoms with Gasteiger partial charge in [0.15, 0.2) is 12.6 Å². The summed E-state index contributed by atoms with van der Waals surface area (Å²) < 4.78 is 29.2. The molecule has 0 unspecified atom stereocenters. The van der Waals surface area contributed by atoms with Crippen LogP contribution in [-0.4, -0.2) is 130 Å². The van der Waals surface area contributed by atoms with Crippen molar-refractivity contribution in [2.24, 2.45) is 50.2 Å². The van der Waals surface area contributed by atoms with E-state index in [1.165, 1.54) is 12.7 Å². The molecular formula is C42H68O13. The molecule has 2 heterocycles. The van der Waals surface area contributed by atoms with E-state index < -0.39 is 78.8 Å². The third kappa shape index (κ3) is 6.23. The average molecular weight is 781 g/mol. The van der Waals surface area contributed by atoms with Gasteiger partial charge in [-0.15, -0.1) is 0 Å². The second-order valence-electron chi connectivity index (χ2n) is 20.2. The molecule has 0 spiro atoms. The van der Waals surface area contributed by atoms with Gasteiger partial charge >= 0.3 is 5.97 Å². The fourth-order valence-electron chi connectivity index (χ4n) is 13.6. The molecule has 4 saturated carbocycles. The maximum Gasteiger partial charge on any atom is 0.312 e. The number of allylic oxidation sites excluding steroid dienone is 2. The summed E-state index contributed by atoms with van der Waals surface area (Å²) in [5.74, 6) is 0.573. The highest BCUT2D eigenvalue weighted by Crippen LogP contribution is 2.76. The second kappa shape index (κ2) is 14.5. The number of fused-ring (bicyclic) bond motifs is 7. The van der Waals surface area contributed by atoms with Crippen LogP contribution < -0.4 is 0 Å². The molecule has 0 bridgehead atoms. The highest BCUT2D eigenvalue weighted by atomic mass is 16.7. The number of esters is 1. The zero-order chi connectivity index (χ0) is 40.1. The molecule has 18 atom stereocenters. The first-order valence-corrected chi connectivity index (χ1v) is 20.8. The maximum atomic E-state index is 13.6. The van der Waals surface area contributed by atoms with Crippen LogP contribution >= 0.6 is 0 Å². The van der Waals surface area contributed by atoms with Crippen LogP contribution in [0.3, 0.4) is 0 Å². The molecule has 0 radical (unpaired) electrons. The number of hydrogen-bond acceptors (Lipinski definition) is 13. The van der Waals surface area contributed by atoms with Gasteiger partial charge in [0.2, 0.25) is 0 Å². The number of rotatable bonds is 7. The standard InChI is InChI=1S/C42H68O13/c1-37(2)14-16-42(36(50)51-7)17-15-40(5)22(23(42)18-37)8-9-27-38(3)12-11-28(39(4,21-44)26(38)10-13-41(27,40)6)55-34-32(48)30(46)25(20-52-34)54-35-33(49)31(47)29(45)24(19-43)53-35/h8,23-35,43-49H,9-21H2,1-7H3/t23-,24+,25-,26+,27+,28-,29+,30-,31-,32+,33+,34-,35-,38-,39-,40+,41+,42-/m0/s1. The highest BCUT2D eigenvalue weighted by Gasteiger charge is 2.70. The van der Waals surface area contributed by atoms with E-state index >= 15 is 0 Å². The molecule has 0 aromatic heterocycles. The van der Waals surface area contributed by atoms with Gasteiger partial charge in [-0.25, -0.2) is 0 Å². The summed E-state index contributed by atoms with van der Waals surface area (Å²) in [5, 5.41) is 73.9. The van der Waals surface area contributed by atoms with Crippen LogP contribution in [0.1, 0.15) is 106 Å². The molecule has 2 saturated heterocycles. The predicted octanol–water partition coefficient (Wildman–Crippen LogP) is 2.58. The van der Waals surface area contributed by atoms with E-state index in [2.05, 4.69) is 47.6 Å². The quantitative estimate of drug-likeness (QED) is 0.113. The van der Waals surface area contributed by atoms with Crippen LogP contribution in [0.5, 0.6) is 0 Å². The largest absolute Gasteiger partial charge is 0.469 e. The lowest BCUT2D eigenvalue weighted by molar-refractivity contribution is -0.352. The van der Waals surface area contributed by atoms with Crippen molar-refractivity contribution in [1.82, 2.24) is 0 Å². The number of aliphatic hydroxyl groups is 7. The summed E-state index contributed by atoms with van der Waals surface area (Å²) in [7, 11) is 1.54. The summed E-state index contributed by atoms with van der Waals surface area (Å²) in [4.78, 5) is 13.6. The Bertz CT molecular complexity index is 1470.